The van der Waals surface area contributed by atoms with Gasteiger partial charge in [-0.15, -0.1) is 0 Å². The summed E-state index contributed by atoms with van der Waals surface area (Å²) >= 11 is 1.52. The summed E-state index contributed by atoms with van der Waals surface area (Å²) in [7, 11) is 0. The number of imidazole rings is 1. The lowest BCUT2D eigenvalue weighted by Gasteiger charge is -2.03. The van der Waals surface area contributed by atoms with Crippen LogP contribution in [0.4, 0.5) is 0 Å². The Morgan fingerprint density at radius 3 is 2.74 bits per heavy atom. The van der Waals surface area contributed by atoms with E-state index in [-0.39, 0.29) is 0 Å². The van der Waals surface area contributed by atoms with Gasteiger partial charge < -0.3 is 10.1 Å². The molecular weight excluding hydrogens is 258 g/mol. The summed E-state index contributed by atoms with van der Waals surface area (Å²) < 4.78 is 0. The minimum atomic E-state index is -0.537. The Hall–Kier alpha value is -1.85. The van der Waals surface area contributed by atoms with Crippen LogP contribution in [0.5, 0.6) is 0 Å². The first-order valence-electron chi connectivity index (χ1n) is 5.99. The van der Waals surface area contributed by atoms with E-state index in [1.54, 1.807) is 13.1 Å². The van der Waals surface area contributed by atoms with Crippen molar-refractivity contribution in [3.05, 3.63) is 48.3 Å². The maximum absolute atomic E-state index is 9.41. The fraction of sp³-hybridized carbons (Fsp3) is 0.143. The number of hydrogen-bond donors (Lipinski definition) is 2. The Balaban J connectivity index is 1.84. The fourth-order valence-electron chi connectivity index (χ4n) is 1.79. The molecule has 2 N–H and O–H groups in total. The number of aliphatic hydroxyl groups is 1. The lowest BCUT2D eigenvalue weighted by molar-refractivity contribution is 0.194. The number of para-hydroxylation sites is 2. The summed E-state index contributed by atoms with van der Waals surface area (Å²) in [5, 5.41) is 10.3. The van der Waals surface area contributed by atoms with Gasteiger partial charge in [0.05, 0.1) is 22.8 Å². The summed E-state index contributed by atoms with van der Waals surface area (Å²) in [6.07, 6.45) is 1.21. The van der Waals surface area contributed by atoms with Gasteiger partial charge in [-0.05, 0) is 31.2 Å². The van der Waals surface area contributed by atoms with Crippen LogP contribution in [0.3, 0.4) is 0 Å². The average Bonchev–Trinajstić information content (AvgIpc) is 2.81. The van der Waals surface area contributed by atoms with Crippen molar-refractivity contribution in [1.82, 2.24) is 15.0 Å². The highest BCUT2D eigenvalue weighted by Crippen LogP contribution is 2.27. The van der Waals surface area contributed by atoms with E-state index < -0.39 is 6.10 Å². The third kappa shape index (κ3) is 2.62. The number of benzene rings is 1. The predicted octanol–water partition coefficient (Wildman–Crippen LogP) is 3.16. The number of aromatic amines is 1. The molecule has 0 spiro atoms. The topological polar surface area (TPSA) is 61.8 Å². The van der Waals surface area contributed by atoms with E-state index in [1.807, 2.05) is 36.4 Å². The van der Waals surface area contributed by atoms with Gasteiger partial charge in [0.25, 0.3) is 0 Å². The number of pyridine rings is 1. The van der Waals surface area contributed by atoms with E-state index >= 15 is 0 Å². The number of nitrogens with zero attached hydrogens (tertiary/aromatic N) is 2. The molecule has 1 aromatic carbocycles. The normalized spacial score (nSPS) is 12.7. The molecule has 2 heterocycles. The van der Waals surface area contributed by atoms with E-state index in [4.69, 9.17) is 0 Å². The molecule has 0 radical (unpaired) electrons. The maximum Gasteiger partial charge on any atom is 0.171 e. The largest absolute Gasteiger partial charge is 0.387 e. The van der Waals surface area contributed by atoms with Gasteiger partial charge in [0.2, 0.25) is 0 Å². The van der Waals surface area contributed by atoms with Crippen LogP contribution >= 0.6 is 11.8 Å². The Bertz CT molecular complexity index is 658. The van der Waals surface area contributed by atoms with Gasteiger partial charge in [-0.1, -0.05) is 23.9 Å². The number of nitrogens with one attached hydrogen (secondary N) is 1. The highest BCUT2D eigenvalue weighted by Gasteiger charge is 2.06. The third-order valence-electron chi connectivity index (χ3n) is 2.77. The Kier molecular flexibility index (Phi) is 3.23. The second-order valence-corrected chi connectivity index (χ2v) is 5.32. The average molecular weight is 271 g/mol. The Morgan fingerprint density at radius 2 is 2.05 bits per heavy atom. The standard InChI is InChI=1S/C14H13N3OS/c1-9(18)11-7-6-10(8-15-11)19-14-16-12-4-2-3-5-13(12)17-14/h2-9,18H,1H3,(H,16,17)/t9-/m1/s1. The molecule has 0 aliphatic carbocycles. The number of rotatable bonds is 3. The van der Waals surface area contributed by atoms with Crippen LogP contribution in [0, 0.1) is 0 Å². The lowest BCUT2D eigenvalue weighted by atomic mass is 10.2. The van der Waals surface area contributed by atoms with Gasteiger partial charge in [-0.3, -0.25) is 4.98 Å². The summed E-state index contributed by atoms with van der Waals surface area (Å²) in [5.74, 6) is 0. The molecule has 96 valence electrons. The summed E-state index contributed by atoms with van der Waals surface area (Å²) in [4.78, 5) is 13.0. The quantitative estimate of drug-likeness (QED) is 0.768. The monoisotopic (exact) mass is 271 g/mol. The van der Waals surface area contributed by atoms with Crippen molar-refractivity contribution in [2.24, 2.45) is 0 Å². The van der Waals surface area contributed by atoms with Crippen molar-refractivity contribution in [1.29, 1.82) is 0 Å². The summed E-state index contributed by atoms with van der Waals surface area (Å²) in [6.45, 7) is 1.70. The van der Waals surface area contributed by atoms with Crippen molar-refractivity contribution in [2.75, 3.05) is 0 Å². The smallest absolute Gasteiger partial charge is 0.171 e. The van der Waals surface area contributed by atoms with Gasteiger partial charge >= 0.3 is 0 Å². The van der Waals surface area contributed by atoms with Crippen LogP contribution in [-0.2, 0) is 0 Å². The second kappa shape index (κ2) is 5.03. The molecule has 0 fully saturated rings. The third-order valence-corrected chi connectivity index (χ3v) is 3.63. The molecular formula is C14H13N3OS. The highest BCUT2D eigenvalue weighted by molar-refractivity contribution is 7.99. The van der Waals surface area contributed by atoms with E-state index in [0.717, 1.165) is 21.1 Å². The molecule has 3 rings (SSSR count). The predicted molar refractivity (Wildman–Crippen MR) is 75.1 cm³/mol. The van der Waals surface area contributed by atoms with Gasteiger partial charge in [-0.2, -0.15) is 0 Å². The van der Waals surface area contributed by atoms with Crippen molar-refractivity contribution >= 4 is 22.8 Å². The number of aromatic nitrogens is 3. The molecule has 0 aliphatic heterocycles. The van der Waals surface area contributed by atoms with Crippen LogP contribution < -0.4 is 0 Å². The minimum Gasteiger partial charge on any atom is -0.387 e. The Labute approximate surface area is 114 Å². The number of fused-ring (bicyclic) bond motifs is 1. The van der Waals surface area contributed by atoms with E-state index in [9.17, 15) is 5.11 Å². The zero-order valence-electron chi connectivity index (χ0n) is 10.4. The zero-order valence-corrected chi connectivity index (χ0v) is 11.2. The molecule has 0 amide bonds. The molecule has 0 unspecified atom stereocenters. The summed E-state index contributed by atoms with van der Waals surface area (Å²) in [6, 6.07) is 11.7. The van der Waals surface area contributed by atoms with E-state index in [2.05, 4.69) is 15.0 Å². The molecule has 5 heteroatoms. The molecule has 0 saturated carbocycles. The molecule has 0 bridgehead atoms. The number of aliphatic hydroxyl groups excluding tert-OH is 1. The fourth-order valence-corrected chi connectivity index (χ4v) is 2.56. The first-order valence-corrected chi connectivity index (χ1v) is 6.80. The molecule has 19 heavy (non-hydrogen) atoms. The van der Waals surface area contributed by atoms with Gasteiger partial charge in [-0.25, -0.2) is 4.98 Å². The van der Waals surface area contributed by atoms with E-state index in [0.29, 0.717) is 5.69 Å². The maximum atomic E-state index is 9.41. The van der Waals surface area contributed by atoms with Crippen LogP contribution in [0.15, 0.2) is 52.6 Å². The first kappa shape index (κ1) is 12.2. The summed E-state index contributed by atoms with van der Waals surface area (Å²) in [5.41, 5.74) is 2.66. The van der Waals surface area contributed by atoms with Crippen molar-refractivity contribution in [2.45, 2.75) is 23.1 Å². The number of H-pyrrole nitrogens is 1. The van der Waals surface area contributed by atoms with Crippen LogP contribution in [0.2, 0.25) is 0 Å². The molecule has 1 atom stereocenters. The van der Waals surface area contributed by atoms with Gasteiger partial charge in [0.15, 0.2) is 5.16 Å². The van der Waals surface area contributed by atoms with Crippen LogP contribution in [-0.4, -0.2) is 20.1 Å². The highest BCUT2D eigenvalue weighted by atomic mass is 32.2. The van der Waals surface area contributed by atoms with Crippen LogP contribution in [0.25, 0.3) is 11.0 Å². The van der Waals surface area contributed by atoms with Crippen molar-refractivity contribution < 1.29 is 5.11 Å². The molecule has 3 aromatic rings. The molecule has 0 saturated heterocycles. The number of hydrogen-bond acceptors (Lipinski definition) is 4. The lowest BCUT2D eigenvalue weighted by Crippen LogP contribution is -1.94. The van der Waals surface area contributed by atoms with Gasteiger partial charge in [0.1, 0.15) is 0 Å². The molecule has 2 aromatic heterocycles. The minimum absolute atomic E-state index is 0.537. The zero-order chi connectivity index (χ0) is 13.2. The first-order chi connectivity index (χ1) is 9.22. The second-order valence-electron chi connectivity index (χ2n) is 4.26. The molecule has 0 aliphatic rings. The van der Waals surface area contributed by atoms with Gasteiger partial charge in [0, 0.05) is 11.1 Å². The van der Waals surface area contributed by atoms with Crippen molar-refractivity contribution in [3.63, 3.8) is 0 Å². The Morgan fingerprint density at radius 1 is 1.21 bits per heavy atom. The SMILES string of the molecule is C[C@@H](O)c1ccc(Sc2nc3ccccc3[nH]2)cn1. The van der Waals surface area contributed by atoms with E-state index in [1.165, 1.54) is 11.8 Å². The van der Waals surface area contributed by atoms with Crippen LogP contribution in [0.1, 0.15) is 18.7 Å². The van der Waals surface area contributed by atoms with Crippen molar-refractivity contribution in [3.8, 4) is 0 Å². The molecule has 4 nitrogen and oxygen atoms in total.